The number of nitrogens with one attached hydrogen (secondary N) is 1. The second-order valence-electron chi connectivity index (χ2n) is 5.23. The molecule has 4 rings (SSSR count). The van der Waals surface area contributed by atoms with E-state index in [1.807, 2.05) is 59.0 Å². The Bertz CT molecular complexity index is 916. The Morgan fingerprint density at radius 2 is 1.65 bits per heavy atom. The molecule has 23 heavy (non-hydrogen) atoms. The minimum atomic E-state index is 0.585. The number of benzene rings is 2. The van der Waals surface area contributed by atoms with Crippen molar-refractivity contribution in [3.05, 3.63) is 78.6 Å². The number of hydrogen-bond acceptors (Lipinski definition) is 4. The topological polar surface area (TPSA) is 55.1 Å². The molecule has 0 spiro atoms. The molecule has 0 aliphatic rings. The fourth-order valence-corrected chi connectivity index (χ4v) is 2.50. The van der Waals surface area contributed by atoms with Gasteiger partial charge in [0.2, 0.25) is 0 Å². The van der Waals surface area contributed by atoms with Crippen molar-refractivity contribution in [2.75, 3.05) is 5.32 Å². The highest BCUT2D eigenvalue weighted by Crippen LogP contribution is 2.21. The Labute approximate surface area is 133 Å². The summed E-state index contributed by atoms with van der Waals surface area (Å²) in [6.45, 7) is 0.729. The van der Waals surface area contributed by atoms with Crippen LogP contribution >= 0.6 is 0 Å². The van der Waals surface area contributed by atoms with E-state index in [0.717, 1.165) is 23.6 Å². The van der Waals surface area contributed by atoms with Gasteiger partial charge >= 0.3 is 0 Å². The summed E-state index contributed by atoms with van der Waals surface area (Å²) in [7, 11) is 0. The summed E-state index contributed by atoms with van der Waals surface area (Å²) in [4.78, 5) is 4.57. The van der Waals surface area contributed by atoms with Gasteiger partial charge in [-0.1, -0.05) is 60.7 Å². The van der Waals surface area contributed by atoms with Gasteiger partial charge in [0.15, 0.2) is 0 Å². The maximum Gasteiger partial charge on any atom is 0.256 e. The van der Waals surface area contributed by atoms with Crippen molar-refractivity contribution in [2.24, 2.45) is 0 Å². The van der Waals surface area contributed by atoms with E-state index in [1.165, 1.54) is 5.56 Å². The Kier molecular flexibility index (Phi) is 3.44. The van der Waals surface area contributed by atoms with Gasteiger partial charge in [-0.3, -0.25) is 4.40 Å². The molecule has 0 fully saturated rings. The van der Waals surface area contributed by atoms with Gasteiger partial charge in [0.1, 0.15) is 12.1 Å². The molecule has 2 aromatic carbocycles. The van der Waals surface area contributed by atoms with Crippen LogP contribution in [0.3, 0.4) is 0 Å². The molecule has 1 N–H and O–H groups in total. The fourth-order valence-electron chi connectivity index (χ4n) is 2.50. The molecule has 0 saturated heterocycles. The zero-order valence-electron chi connectivity index (χ0n) is 12.4. The molecule has 0 unspecified atom stereocenters. The molecular formula is C18H15N5. The first kappa shape index (κ1) is 13.5. The summed E-state index contributed by atoms with van der Waals surface area (Å²) in [6, 6.07) is 22.4. The standard InChI is InChI=1S/C18H15N5/c1-3-7-14(8-4-1)12-19-17-11-16(15-9-5-2-6-10-15)21-18-22-20-13-23(17)18/h1-11,13,19H,12H2. The molecule has 2 aromatic heterocycles. The minimum absolute atomic E-state index is 0.585. The van der Waals surface area contributed by atoms with Crippen LogP contribution in [0.15, 0.2) is 73.1 Å². The third-order valence-electron chi connectivity index (χ3n) is 3.67. The molecule has 5 heteroatoms. The van der Waals surface area contributed by atoms with E-state index in [2.05, 4.69) is 32.6 Å². The van der Waals surface area contributed by atoms with Crippen molar-refractivity contribution in [1.82, 2.24) is 19.6 Å². The van der Waals surface area contributed by atoms with Crippen molar-refractivity contribution in [2.45, 2.75) is 6.54 Å². The van der Waals surface area contributed by atoms with Crippen molar-refractivity contribution >= 4 is 11.6 Å². The van der Waals surface area contributed by atoms with Crippen LogP contribution in [-0.2, 0) is 6.54 Å². The van der Waals surface area contributed by atoms with E-state index < -0.39 is 0 Å². The summed E-state index contributed by atoms with van der Waals surface area (Å²) >= 11 is 0. The van der Waals surface area contributed by atoms with Gasteiger partial charge in [-0.25, -0.2) is 4.98 Å². The second-order valence-corrected chi connectivity index (χ2v) is 5.23. The molecule has 0 amide bonds. The Hall–Kier alpha value is -3.21. The molecule has 0 saturated carbocycles. The van der Waals surface area contributed by atoms with Gasteiger partial charge < -0.3 is 5.32 Å². The van der Waals surface area contributed by atoms with Crippen molar-refractivity contribution in [1.29, 1.82) is 0 Å². The highest BCUT2D eigenvalue weighted by atomic mass is 15.3. The highest BCUT2D eigenvalue weighted by molar-refractivity contribution is 5.65. The van der Waals surface area contributed by atoms with Crippen molar-refractivity contribution < 1.29 is 0 Å². The molecule has 4 aromatic rings. The lowest BCUT2D eigenvalue weighted by Gasteiger charge is -2.10. The summed E-state index contributed by atoms with van der Waals surface area (Å²) in [5.74, 6) is 1.50. The van der Waals surface area contributed by atoms with E-state index in [-0.39, 0.29) is 0 Å². The molecule has 2 heterocycles. The zero-order valence-corrected chi connectivity index (χ0v) is 12.4. The van der Waals surface area contributed by atoms with E-state index >= 15 is 0 Å². The van der Waals surface area contributed by atoms with Crippen LogP contribution < -0.4 is 5.32 Å². The number of rotatable bonds is 4. The molecule has 0 aliphatic heterocycles. The lowest BCUT2D eigenvalue weighted by atomic mass is 10.1. The molecular weight excluding hydrogens is 286 g/mol. The summed E-state index contributed by atoms with van der Waals surface area (Å²) in [5, 5.41) is 11.5. The molecule has 0 atom stereocenters. The van der Waals surface area contributed by atoms with Gasteiger partial charge in [-0.15, -0.1) is 10.2 Å². The lowest BCUT2D eigenvalue weighted by Crippen LogP contribution is -2.05. The summed E-state index contributed by atoms with van der Waals surface area (Å²) in [5.41, 5.74) is 3.15. The van der Waals surface area contributed by atoms with Crippen LogP contribution in [0.1, 0.15) is 5.56 Å². The number of fused-ring (bicyclic) bond motifs is 1. The maximum absolute atomic E-state index is 4.57. The average molecular weight is 301 g/mol. The number of aromatic nitrogens is 4. The van der Waals surface area contributed by atoms with Crippen LogP contribution in [0.25, 0.3) is 17.0 Å². The lowest BCUT2D eigenvalue weighted by molar-refractivity contribution is 1.05. The number of hydrogen-bond donors (Lipinski definition) is 1. The molecule has 112 valence electrons. The predicted molar refractivity (Wildman–Crippen MR) is 90.0 cm³/mol. The monoisotopic (exact) mass is 301 g/mol. The molecule has 0 radical (unpaired) electrons. The third kappa shape index (κ3) is 2.76. The van der Waals surface area contributed by atoms with Crippen LogP contribution in [0.4, 0.5) is 5.82 Å². The van der Waals surface area contributed by atoms with E-state index in [4.69, 9.17) is 0 Å². The van der Waals surface area contributed by atoms with Crippen molar-refractivity contribution in [3.8, 4) is 11.3 Å². The second kappa shape index (κ2) is 5.88. The number of anilines is 1. The average Bonchev–Trinajstić information content (AvgIpc) is 3.10. The smallest absolute Gasteiger partial charge is 0.256 e. The van der Waals surface area contributed by atoms with Gasteiger partial charge in [-0.2, -0.15) is 0 Å². The quantitative estimate of drug-likeness (QED) is 0.627. The largest absolute Gasteiger partial charge is 0.367 e. The molecule has 0 bridgehead atoms. The minimum Gasteiger partial charge on any atom is -0.367 e. The molecule has 5 nitrogen and oxygen atoms in total. The summed E-state index contributed by atoms with van der Waals surface area (Å²) in [6.07, 6.45) is 1.67. The van der Waals surface area contributed by atoms with Gasteiger partial charge in [0.25, 0.3) is 5.78 Å². The Balaban J connectivity index is 1.71. The van der Waals surface area contributed by atoms with Gasteiger partial charge in [0.05, 0.1) is 5.69 Å². The van der Waals surface area contributed by atoms with Gasteiger partial charge in [0, 0.05) is 18.2 Å². The zero-order chi connectivity index (χ0) is 15.5. The first-order valence-electron chi connectivity index (χ1n) is 7.44. The fraction of sp³-hybridized carbons (Fsp3) is 0.0556. The first-order valence-corrected chi connectivity index (χ1v) is 7.44. The van der Waals surface area contributed by atoms with Gasteiger partial charge in [-0.05, 0) is 5.56 Å². The highest BCUT2D eigenvalue weighted by Gasteiger charge is 2.08. The SMILES string of the molecule is c1ccc(CNc2cc(-c3ccccc3)nc3nncn23)cc1. The van der Waals surface area contributed by atoms with Crippen LogP contribution in [0, 0.1) is 0 Å². The predicted octanol–water partition coefficient (Wildman–Crippen LogP) is 3.40. The first-order chi connectivity index (χ1) is 11.4. The number of nitrogens with zero attached hydrogens (tertiary/aromatic N) is 4. The summed E-state index contributed by atoms with van der Waals surface area (Å²) < 4.78 is 1.86. The molecule has 0 aliphatic carbocycles. The van der Waals surface area contributed by atoms with Crippen molar-refractivity contribution in [3.63, 3.8) is 0 Å². The Morgan fingerprint density at radius 1 is 0.913 bits per heavy atom. The Morgan fingerprint density at radius 3 is 2.43 bits per heavy atom. The maximum atomic E-state index is 4.57. The van der Waals surface area contributed by atoms with E-state index in [0.29, 0.717) is 5.78 Å². The van der Waals surface area contributed by atoms with Crippen LogP contribution in [0.5, 0.6) is 0 Å². The normalized spacial score (nSPS) is 10.8. The van der Waals surface area contributed by atoms with Crippen LogP contribution in [0.2, 0.25) is 0 Å². The van der Waals surface area contributed by atoms with E-state index in [9.17, 15) is 0 Å². The van der Waals surface area contributed by atoms with Crippen LogP contribution in [-0.4, -0.2) is 19.6 Å². The third-order valence-corrected chi connectivity index (χ3v) is 3.67. The van der Waals surface area contributed by atoms with E-state index in [1.54, 1.807) is 6.33 Å².